The maximum atomic E-state index is 13.0. The number of nitrogens with zero attached hydrogens (tertiary/aromatic N) is 3. The van der Waals surface area contributed by atoms with E-state index < -0.39 is 0 Å². The van der Waals surface area contributed by atoms with Crippen molar-refractivity contribution in [2.45, 2.75) is 25.8 Å². The number of carbonyl (C=O) groups excluding carboxylic acids is 1. The first-order valence-corrected chi connectivity index (χ1v) is 11.1. The van der Waals surface area contributed by atoms with Gasteiger partial charge in [0.15, 0.2) is 0 Å². The molecule has 1 aliphatic heterocycles. The van der Waals surface area contributed by atoms with Gasteiger partial charge in [0.05, 0.1) is 36.3 Å². The Morgan fingerprint density at radius 1 is 1.00 bits per heavy atom. The Hall–Kier alpha value is -3.54. The summed E-state index contributed by atoms with van der Waals surface area (Å²) in [5.74, 6) is 1.26. The smallest absolute Gasteiger partial charge is 0.340 e. The van der Waals surface area contributed by atoms with Crippen LogP contribution < -0.4 is 9.64 Å². The third-order valence-corrected chi connectivity index (χ3v) is 6.27. The van der Waals surface area contributed by atoms with Crippen molar-refractivity contribution in [2.75, 3.05) is 32.2 Å². The van der Waals surface area contributed by atoms with E-state index in [2.05, 4.69) is 21.6 Å². The Bertz CT molecular complexity index is 1270. The Morgan fingerprint density at radius 2 is 1.78 bits per heavy atom. The number of rotatable bonds is 5. The van der Waals surface area contributed by atoms with Crippen molar-refractivity contribution in [1.82, 2.24) is 9.55 Å². The van der Waals surface area contributed by atoms with Crippen molar-refractivity contribution < 1.29 is 14.3 Å². The van der Waals surface area contributed by atoms with E-state index in [4.69, 9.17) is 14.5 Å². The van der Waals surface area contributed by atoms with Gasteiger partial charge in [0, 0.05) is 31.1 Å². The molecule has 0 aliphatic carbocycles. The minimum absolute atomic E-state index is 0.347. The zero-order valence-corrected chi connectivity index (χ0v) is 18.5. The van der Waals surface area contributed by atoms with E-state index in [1.54, 1.807) is 7.11 Å². The van der Waals surface area contributed by atoms with Crippen LogP contribution in [-0.2, 0) is 11.3 Å². The highest BCUT2D eigenvalue weighted by atomic mass is 16.5. The molecule has 0 bridgehead atoms. The second-order valence-electron chi connectivity index (χ2n) is 8.22. The minimum atomic E-state index is -0.347. The minimum Gasteiger partial charge on any atom is -0.497 e. The zero-order chi connectivity index (χ0) is 22.1. The van der Waals surface area contributed by atoms with E-state index >= 15 is 0 Å². The lowest BCUT2D eigenvalue weighted by Gasteiger charge is -2.28. The number of hydrogen-bond acceptors (Lipinski definition) is 5. The van der Waals surface area contributed by atoms with Crippen molar-refractivity contribution in [2.24, 2.45) is 0 Å². The number of hydrogen-bond donors (Lipinski definition) is 0. The summed E-state index contributed by atoms with van der Waals surface area (Å²) in [5.41, 5.74) is 4.29. The summed E-state index contributed by atoms with van der Waals surface area (Å²) in [4.78, 5) is 20.3. The SMILES string of the molecule is COC(=O)c1cc(N2CCCCC2)nc2c3ccc(OC)cc3n(Cc3ccccc3)c12. The molecule has 0 atom stereocenters. The summed E-state index contributed by atoms with van der Waals surface area (Å²) in [6.45, 7) is 2.52. The Balaban J connectivity index is 1.81. The number of methoxy groups -OCH3 is 2. The van der Waals surface area contributed by atoms with Crippen LogP contribution in [-0.4, -0.2) is 42.8 Å². The summed E-state index contributed by atoms with van der Waals surface area (Å²) in [7, 11) is 3.10. The monoisotopic (exact) mass is 429 g/mol. The molecular formula is C26H27N3O3. The molecule has 6 heteroatoms. The first-order valence-electron chi connectivity index (χ1n) is 11.1. The van der Waals surface area contributed by atoms with E-state index in [0.717, 1.165) is 65.0 Å². The molecule has 6 nitrogen and oxygen atoms in total. The maximum absolute atomic E-state index is 13.0. The largest absolute Gasteiger partial charge is 0.497 e. The molecule has 0 unspecified atom stereocenters. The highest BCUT2D eigenvalue weighted by molar-refractivity contribution is 6.13. The van der Waals surface area contributed by atoms with Crippen molar-refractivity contribution >= 4 is 33.7 Å². The van der Waals surface area contributed by atoms with Gasteiger partial charge < -0.3 is 18.9 Å². The third-order valence-electron chi connectivity index (χ3n) is 6.27. The van der Waals surface area contributed by atoms with Crippen LogP contribution >= 0.6 is 0 Å². The molecule has 164 valence electrons. The number of pyridine rings is 1. The number of fused-ring (bicyclic) bond motifs is 3. The Labute approximate surface area is 187 Å². The molecule has 4 aromatic rings. The Morgan fingerprint density at radius 3 is 2.50 bits per heavy atom. The van der Waals surface area contributed by atoms with Crippen LogP contribution in [0.5, 0.6) is 5.75 Å². The normalized spacial score (nSPS) is 14.1. The van der Waals surface area contributed by atoms with E-state index in [1.807, 2.05) is 42.5 Å². The maximum Gasteiger partial charge on any atom is 0.340 e. The van der Waals surface area contributed by atoms with Crippen LogP contribution in [0.15, 0.2) is 54.6 Å². The fraction of sp³-hybridized carbons (Fsp3) is 0.308. The molecule has 3 heterocycles. The van der Waals surface area contributed by atoms with Gasteiger partial charge in [0.25, 0.3) is 0 Å². The molecule has 1 saturated heterocycles. The summed E-state index contributed by atoms with van der Waals surface area (Å²) in [5, 5.41) is 1.00. The second-order valence-corrected chi connectivity index (χ2v) is 8.22. The predicted octanol–water partition coefficient (Wildman–Crippen LogP) is 5.02. The topological polar surface area (TPSA) is 56.6 Å². The van der Waals surface area contributed by atoms with Crippen molar-refractivity contribution in [1.29, 1.82) is 0 Å². The quantitative estimate of drug-likeness (QED) is 0.417. The molecule has 2 aromatic heterocycles. The number of carbonyl (C=O) groups is 1. The molecule has 1 fully saturated rings. The summed E-state index contributed by atoms with van der Waals surface area (Å²) >= 11 is 0. The van der Waals surface area contributed by atoms with Gasteiger partial charge >= 0.3 is 5.97 Å². The molecule has 0 saturated carbocycles. The van der Waals surface area contributed by atoms with Crippen LogP contribution in [0.3, 0.4) is 0 Å². The van der Waals surface area contributed by atoms with Gasteiger partial charge in [0.1, 0.15) is 11.6 Å². The Kier molecular flexibility index (Phi) is 5.43. The number of aromatic nitrogens is 2. The van der Waals surface area contributed by atoms with Crippen molar-refractivity contribution in [3.05, 3.63) is 65.7 Å². The molecule has 0 amide bonds. The third kappa shape index (κ3) is 3.55. The lowest BCUT2D eigenvalue weighted by atomic mass is 10.1. The number of ether oxygens (including phenoxy) is 2. The highest BCUT2D eigenvalue weighted by Crippen LogP contribution is 2.35. The second kappa shape index (κ2) is 8.54. The molecule has 1 aliphatic rings. The highest BCUT2D eigenvalue weighted by Gasteiger charge is 2.24. The van der Waals surface area contributed by atoms with Gasteiger partial charge in [-0.3, -0.25) is 0 Å². The lowest BCUT2D eigenvalue weighted by Crippen LogP contribution is -2.30. The van der Waals surface area contributed by atoms with E-state index in [-0.39, 0.29) is 5.97 Å². The van der Waals surface area contributed by atoms with E-state index in [9.17, 15) is 4.79 Å². The summed E-state index contributed by atoms with van der Waals surface area (Å²) in [6, 6.07) is 18.1. The molecular weight excluding hydrogens is 402 g/mol. The van der Waals surface area contributed by atoms with Crippen molar-refractivity contribution in [3.63, 3.8) is 0 Å². The average molecular weight is 430 g/mol. The van der Waals surface area contributed by atoms with Gasteiger partial charge in [-0.1, -0.05) is 30.3 Å². The molecule has 32 heavy (non-hydrogen) atoms. The summed E-state index contributed by atoms with van der Waals surface area (Å²) in [6.07, 6.45) is 3.51. The van der Waals surface area contributed by atoms with Crippen molar-refractivity contribution in [3.8, 4) is 5.75 Å². The van der Waals surface area contributed by atoms with Gasteiger partial charge in [-0.2, -0.15) is 0 Å². The number of esters is 1. The van der Waals surface area contributed by atoms with E-state index in [1.165, 1.54) is 13.5 Å². The van der Waals surface area contributed by atoms with Crippen LogP contribution in [0, 0.1) is 0 Å². The lowest BCUT2D eigenvalue weighted by molar-refractivity contribution is 0.0602. The summed E-state index contributed by atoms with van der Waals surface area (Å²) < 4.78 is 12.9. The standard InChI is InChI=1S/C26H27N3O3/c1-31-19-11-12-20-22(15-19)29(17-18-9-5-3-6-10-18)25-21(26(30)32-2)16-23(27-24(20)25)28-13-7-4-8-14-28/h3,5-6,9-12,15-16H,4,7-8,13-14,17H2,1-2H3. The molecule has 0 radical (unpaired) electrons. The molecule has 0 spiro atoms. The first-order chi connectivity index (χ1) is 15.7. The number of piperidine rings is 1. The zero-order valence-electron chi connectivity index (χ0n) is 18.5. The van der Waals surface area contributed by atoms with Gasteiger partial charge in [-0.15, -0.1) is 0 Å². The van der Waals surface area contributed by atoms with Gasteiger partial charge in [0.2, 0.25) is 0 Å². The fourth-order valence-electron chi connectivity index (χ4n) is 4.65. The van der Waals surface area contributed by atoms with Crippen LogP contribution in [0.25, 0.3) is 21.9 Å². The van der Waals surface area contributed by atoms with E-state index in [0.29, 0.717) is 12.1 Å². The fourth-order valence-corrected chi connectivity index (χ4v) is 4.65. The molecule has 2 aromatic carbocycles. The van der Waals surface area contributed by atoms with Gasteiger partial charge in [-0.25, -0.2) is 9.78 Å². The molecule has 0 N–H and O–H groups in total. The molecule has 5 rings (SSSR count). The predicted molar refractivity (Wildman–Crippen MR) is 127 cm³/mol. The average Bonchev–Trinajstić information content (AvgIpc) is 3.16. The van der Waals surface area contributed by atoms with Crippen LogP contribution in [0.2, 0.25) is 0 Å². The first kappa shape index (κ1) is 20.4. The number of benzene rings is 2. The van der Waals surface area contributed by atoms with Crippen LogP contribution in [0.1, 0.15) is 35.2 Å². The van der Waals surface area contributed by atoms with Crippen LogP contribution in [0.4, 0.5) is 5.82 Å². The van der Waals surface area contributed by atoms with Gasteiger partial charge in [-0.05, 0) is 43.0 Å². The number of anilines is 1.